The van der Waals surface area contributed by atoms with Crippen LogP contribution in [0.5, 0.6) is 5.75 Å². The van der Waals surface area contributed by atoms with Gasteiger partial charge in [0.15, 0.2) is 0 Å². The van der Waals surface area contributed by atoms with E-state index in [9.17, 15) is 4.79 Å². The van der Waals surface area contributed by atoms with Crippen LogP contribution in [0.2, 0.25) is 0 Å². The Morgan fingerprint density at radius 3 is 2.77 bits per heavy atom. The Balaban J connectivity index is 1.94. The highest BCUT2D eigenvalue weighted by Gasteiger charge is 2.09. The molecule has 0 unspecified atom stereocenters. The standard InChI is InChI=1S/C17H17N3O2/c1-12-7-8-16-18-15(11-20(16)10-12)13-5-4-6-14(9-13)22-17(21)19(2)3/h4-11H,1-3H3. The number of ether oxygens (including phenoxy) is 1. The molecular formula is C17H17N3O2. The van der Waals surface area contributed by atoms with E-state index in [-0.39, 0.29) is 0 Å². The fourth-order valence-corrected chi connectivity index (χ4v) is 2.15. The molecule has 0 N–H and O–H groups in total. The quantitative estimate of drug-likeness (QED) is 0.728. The van der Waals surface area contributed by atoms with E-state index in [2.05, 4.69) is 4.98 Å². The van der Waals surface area contributed by atoms with E-state index in [1.165, 1.54) is 10.5 Å². The molecule has 0 fully saturated rings. The number of nitrogens with zero attached hydrogens (tertiary/aromatic N) is 3. The number of benzene rings is 1. The Bertz CT molecular complexity index is 837. The summed E-state index contributed by atoms with van der Waals surface area (Å²) in [5, 5.41) is 0. The summed E-state index contributed by atoms with van der Waals surface area (Å²) in [5.74, 6) is 0.504. The van der Waals surface area contributed by atoms with Crippen molar-refractivity contribution in [3.8, 4) is 17.0 Å². The predicted octanol–water partition coefficient (Wildman–Crippen LogP) is 3.37. The zero-order valence-corrected chi connectivity index (χ0v) is 12.8. The van der Waals surface area contributed by atoms with Gasteiger partial charge in [0, 0.05) is 32.1 Å². The van der Waals surface area contributed by atoms with Crippen molar-refractivity contribution in [1.82, 2.24) is 14.3 Å². The molecule has 0 aliphatic carbocycles. The molecular weight excluding hydrogens is 278 g/mol. The van der Waals surface area contributed by atoms with Gasteiger partial charge in [0.05, 0.1) is 5.69 Å². The SMILES string of the molecule is Cc1ccc2nc(-c3cccc(OC(=O)N(C)C)c3)cn2c1. The van der Waals surface area contributed by atoms with Crippen molar-refractivity contribution >= 4 is 11.7 Å². The lowest BCUT2D eigenvalue weighted by Gasteiger charge is -2.10. The van der Waals surface area contributed by atoms with E-state index in [1.54, 1.807) is 20.2 Å². The van der Waals surface area contributed by atoms with Gasteiger partial charge in [0.25, 0.3) is 0 Å². The molecule has 0 aliphatic heterocycles. The minimum Gasteiger partial charge on any atom is -0.410 e. The van der Waals surface area contributed by atoms with E-state index in [0.717, 1.165) is 16.9 Å². The van der Waals surface area contributed by atoms with Crippen LogP contribution < -0.4 is 4.74 Å². The minimum atomic E-state index is -0.400. The number of hydrogen-bond donors (Lipinski definition) is 0. The molecule has 112 valence electrons. The van der Waals surface area contributed by atoms with E-state index in [1.807, 2.05) is 54.0 Å². The number of fused-ring (bicyclic) bond motifs is 1. The Labute approximate surface area is 128 Å². The van der Waals surface area contributed by atoms with Gasteiger partial charge < -0.3 is 14.0 Å². The summed E-state index contributed by atoms with van der Waals surface area (Å²) in [6.07, 6.45) is 3.60. The van der Waals surface area contributed by atoms with Gasteiger partial charge in [-0.05, 0) is 30.7 Å². The number of pyridine rings is 1. The molecule has 0 spiro atoms. The molecule has 1 amide bonds. The number of imidazole rings is 1. The number of aromatic nitrogens is 2. The van der Waals surface area contributed by atoms with Gasteiger partial charge in [0.2, 0.25) is 0 Å². The molecule has 3 rings (SSSR count). The molecule has 22 heavy (non-hydrogen) atoms. The van der Waals surface area contributed by atoms with Crippen LogP contribution in [-0.2, 0) is 0 Å². The third-order valence-electron chi connectivity index (χ3n) is 3.30. The van der Waals surface area contributed by atoms with Crippen LogP contribution in [0.3, 0.4) is 0 Å². The molecule has 0 aliphatic rings. The van der Waals surface area contributed by atoms with Gasteiger partial charge in [-0.25, -0.2) is 9.78 Å². The van der Waals surface area contributed by atoms with Crippen molar-refractivity contribution in [2.75, 3.05) is 14.1 Å². The number of carbonyl (C=O) groups excluding carboxylic acids is 1. The van der Waals surface area contributed by atoms with Gasteiger partial charge in [-0.3, -0.25) is 0 Å². The van der Waals surface area contributed by atoms with E-state index >= 15 is 0 Å². The predicted molar refractivity (Wildman–Crippen MR) is 85.1 cm³/mol. The number of hydrogen-bond acceptors (Lipinski definition) is 3. The highest BCUT2D eigenvalue weighted by atomic mass is 16.6. The van der Waals surface area contributed by atoms with Crippen LogP contribution in [0, 0.1) is 6.92 Å². The molecule has 0 atom stereocenters. The van der Waals surface area contributed by atoms with Crippen molar-refractivity contribution in [3.63, 3.8) is 0 Å². The second kappa shape index (κ2) is 5.52. The van der Waals surface area contributed by atoms with Crippen molar-refractivity contribution in [1.29, 1.82) is 0 Å². The first-order valence-electron chi connectivity index (χ1n) is 6.98. The fraction of sp³-hybridized carbons (Fsp3) is 0.176. The van der Waals surface area contributed by atoms with Crippen LogP contribution >= 0.6 is 0 Å². The first-order valence-corrected chi connectivity index (χ1v) is 6.98. The number of aryl methyl sites for hydroxylation is 1. The first kappa shape index (κ1) is 14.1. The topological polar surface area (TPSA) is 46.8 Å². The fourth-order valence-electron chi connectivity index (χ4n) is 2.15. The van der Waals surface area contributed by atoms with Gasteiger partial charge >= 0.3 is 6.09 Å². The molecule has 0 saturated heterocycles. The number of amides is 1. The van der Waals surface area contributed by atoms with Crippen LogP contribution in [0.25, 0.3) is 16.9 Å². The highest BCUT2D eigenvalue weighted by Crippen LogP contribution is 2.24. The molecule has 2 heterocycles. The minimum absolute atomic E-state index is 0.400. The Kier molecular flexibility index (Phi) is 3.55. The third-order valence-corrected chi connectivity index (χ3v) is 3.30. The van der Waals surface area contributed by atoms with Crippen LogP contribution in [0.1, 0.15) is 5.56 Å². The molecule has 1 aromatic carbocycles. The average Bonchev–Trinajstić information content (AvgIpc) is 2.90. The zero-order valence-electron chi connectivity index (χ0n) is 12.8. The molecule has 0 radical (unpaired) electrons. The van der Waals surface area contributed by atoms with Crippen molar-refractivity contribution in [3.05, 3.63) is 54.4 Å². The monoisotopic (exact) mass is 295 g/mol. The lowest BCUT2D eigenvalue weighted by atomic mass is 10.1. The maximum atomic E-state index is 11.6. The molecule has 5 nitrogen and oxygen atoms in total. The van der Waals surface area contributed by atoms with Crippen molar-refractivity contribution in [2.45, 2.75) is 6.92 Å². The summed E-state index contributed by atoms with van der Waals surface area (Å²) in [5.41, 5.74) is 3.81. The summed E-state index contributed by atoms with van der Waals surface area (Å²) in [7, 11) is 3.30. The smallest absolute Gasteiger partial charge is 0.410 e. The average molecular weight is 295 g/mol. The van der Waals surface area contributed by atoms with E-state index in [4.69, 9.17) is 4.74 Å². The van der Waals surface area contributed by atoms with Crippen LogP contribution in [0.15, 0.2) is 48.8 Å². The maximum absolute atomic E-state index is 11.6. The van der Waals surface area contributed by atoms with Gasteiger partial charge in [-0.1, -0.05) is 18.2 Å². The molecule has 0 saturated carbocycles. The lowest BCUT2D eigenvalue weighted by Crippen LogP contribution is -2.25. The Hall–Kier alpha value is -2.82. The third kappa shape index (κ3) is 2.79. The number of carbonyl (C=O) groups is 1. The molecule has 5 heteroatoms. The van der Waals surface area contributed by atoms with E-state index < -0.39 is 6.09 Å². The van der Waals surface area contributed by atoms with Gasteiger partial charge in [-0.15, -0.1) is 0 Å². The highest BCUT2D eigenvalue weighted by molar-refractivity contribution is 5.71. The normalized spacial score (nSPS) is 10.7. The van der Waals surface area contributed by atoms with Crippen molar-refractivity contribution < 1.29 is 9.53 Å². The number of rotatable bonds is 2. The Morgan fingerprint density at radius 2 is 2.00 bits per heavy atom. The molecule has 2 aromatic heterocycles. The largest absolute Gasteiger partial charge is 0.414 e. The summed E-state index contributed by atoms with van der Waals surface area (Å²) >= 11 is 0. The summed E-state index contributed by atoms with van der Waals surface area (Å²) in [6.45, 7) is 2.04. The summed E-state index contributed by atoms with van der Waals surface area (Å²) < 4.78 is 7.27. The van der Waals surface area contributed by atoms with Gasteiger partial charge in [0.1, 0.15) is 11.4 Å². The lowest BCUT2D eigenvalue weighted by molar-refractivity contribution is 0.172. The summed E-state index contributed by atoms with van der Waals surface area (Å²) in [4.78, 5) is 17.6. The van der Waals surface area contributed by atoms with Crippen LogP contribution in [-0.4, -0.2) is 34.5 Å². The second-order valence-corrected chi connectivity index (χ2v) is 5.39. The summed E-state index contributed by atoms with van der Waals surface area (Å²) in [6, 6.07) is 11.4. The van der Waals surface area contributed by atoms with Crippen molar-refractivity contribution in [2.24, 2.45) is 0 Å². The molecule has 3 aromatic rings. The zero-order chi connectivity index (χ0) is 15.7. The van der Waals surface area contributed by atoms with Gasteiger partial charge in [-0.2, -0.15) is 0 Å². The first-order chi connectivity index (χ1) is 10.5. The van der Waals surface area contributed by atoms with Crippen LogP contribution in [0.4, 0.5) is 4.79 Å². The Morgan fingerprint density at radius 1 is 1.18 bits per heavy atom. The van der Waals surface area contributed by atoms with E-state index in [0.29, 0.717) is 5.75 Å². The molecule has 0 bridgehead atoms. The second-order valence-electron chi connectivity index (χ2n) is 5.39. The maximum Gasteiger partial charge on any atom is 0.414 e.